The first-order valence-electron chi connectivity index (χ1n) is 9.30. The number of para-hydroxylation sites is 1. The summed E-state index contributed by atoms with van der Waals surface area (Å²) >= 11 is 0. The predicted molar refractivity (Wildman–Crippen MR) is 113 cm³/mol. The Kier molecular flexibility index (Phi) is 7.74. The van der Waals surface area contributed by atoms with Gasteiger partial charge in [0.1, 0.15) is 23.6 Å². The number of ether oxygens (including phenoxy) is 1. The Hall–Kier alpha value is -2.91. The van der Waals surface area contributed by atoms with Gasteiger partial charge in [-0.2, -0.15) is 5.10 Å². The lowest BCUT2D eigenvalue weighted by Crippen LogP contribution is -2.34. The van der Waals surface area contributed by atoms with Gasteiger partial charge < -0.3 is 9.72 Å². The van der Waals surface area contributed by atoms with Crippen molar-refractivity contribution in [3.05, 3.63) is 40.3 Å². The number of hydrogen-bond donors (Lipinski definition) is 3. The van der Waals surface area contributed by atoms with E-state index < -0.39 is 5.91 Å². The van der Waals surface area contributed by atoms with Gasteiger partial charge in [0.05, 0.1) is 17.9 Å². The van der Waals surface area contributed by atoms with E-state index in [1.165, 1.54) is 4.68 Å². The fourth-order valence-electron chi connectivity index (χ4n) is 2.99. The Bertz CT molecular complexity index is 1050. The quantitative estimate of drug-likeness (QED) is 0.290. The van der Waals surface area contributed by atoms with Crippen molar-refractivity contribution in [3.63, 3.8) is 0 Å². The third-order valence-electron chi connectivity index (χ3n) is 4.25. The summed E-state index contributed by atoms with van der Waals surface area (Å²) in [5.41, 5.74) is 3.82. The lowest BCUT2D eigenvalue weighted by Gasteiger charge is -2.10. The molecule has 156 valence electrons. The van der Waals surface area contributed by atoms with Crippen LogP contribution in [0, 0.1) is 0 Å². The molecular weight excluding hydrogens is 396 g/mol. The molecule has 0 aliphatic rings. The third kappa shape index (κ3) is 4.75. The van der Waals surface area contributed by atoms with Crippen LogP contribution in [0.15, 0.2) is 29.1 Å². The largest absolute Gasteiger partial charge is 0.493 e. The molecule has 29 heavy (non-hydrogen) atoms. The van der Waals surface area contributed by atoms with E-state index in [1.54, 1.807) is 0 Å². The number of nitrogens with one attached hydrogen (secondary N) is 2. The van der Waals surface area contributed by atoms with E-state index in [-0.39, 0.29) is 30.0 Å². The van der Waals surface area contributed by atoms with Crippen molar-refractivity contribution < 1.29 is 9.53 Å². The summed E-state index contributed by atoms with van der Waals surface area (Å²) < 4.78 is 7.28. The van der Waals surface area contributed by atoms with E-state index in [0.717, 1.165) is 18.5 Å². The Morgan fingerprint density at radius 1 is 1.24 bits per heavy atom. The molecule has 0 aliphatic carbocycles. The van der Waals surface area contributed by atoms with Gasteiger partial charge >= 0.3 is 0 Å². The second kappa shape index (κ2) is 10.0. The van der Waals surface area contributed by atoms with Gasteiger partial charge in [-0.1, -0.05) is 32.4 Å². The lowest BCUT2D eigenvalue weighted by atomic mass is 10.1. The van der Waals surface area contributed by atoms with Crippen LogP contribution in [0.5, 0.6) is 5.75 Å². The summed E-state index contributed by atoms with van der Waals surface area (Å²) in [4.78, 5) is 31.9. The van der Waals surface area contributed by atoms with E-state index >= 15 is 0 Å². The average molecular weight is 421 g/mol. The molecule has 0 unspecified atom stereocenters. The number of H-pyrrole nitrogens is 1. The number of hydrogen-bond acceptors (Lipinski definition) is 6. The monoisotopic (exact) mass is 420 g/mol. The molecule has 0 saturated carbocycles. The number of aromatic amines is 1. The van der Waals surface area contributed by atoms with Crippen LogP contribution >= 0.6 is 12.4 Å². The van der Waals surface area contributed by atoms with Crippen LogP contribution in [0.4, 0.5) is 0 Å². The molecular formula is C19H25ClN6O3. The number of aryl methyl sites for hydroxylation is 1. The smallest absolute Gasteiger partial charge is 0.279 e. The summed E-state index contributed by atoms with van der Waals surface area (Å²) in [7, 11) is 0. The number of hydrazine groups is 1. The molecule has 0 saturated heterocycles. The van der Waals surface area contributed by atoms with Crippen molar-refractivity contribution >= 4 is 29.3 Å². The van der Waals surface area contributed by atoms with E-state index in [2.05, 4.69) is 20.5 Å². The minimum Gasteiger partial charge on any atom is -0.493 e. The normalized spacial score (nSPS) is 10.6. The van der Waals surface area contributed by atoms with Gasteiger partial charge in [-0.3, -0.25) is 19.7 Å². The summed E-state index contributed by atoms with van der Waals surface area (Å²) in [5.74, 6) is 5.84. The third-order valence-corrected chi connectivity index (χ3v) is 4.25. The first-order chi connectivity index (χ1) is 13.6. The lowest BCUT2D eigenvalue weighted by molar-refractivity contribution is -0.121. The molecule has 0 spiro atoms. The molecule has 0 fully saturated rings. The highest BCUT2D eigenvalue weighted by Gasteiger charge is 2.19. The number of benzene rings is 1. The molecule has 2 heterocycles. The van der Waals surface area contributed by atoms with Crippen molar-refractivity contribution in [2.45, 2.75) is 39.7 Å². The van der Waals surface area contributed by atoms with E-state index in [9.17, 15) is 9.59 Å². The highest BCUT2D eigenvalue weighted by molar-refractivity contribution is 5.85. The number of nitrogens with two attached hydrogens (primary N) is 1. The summed E-state index contributed by atoms with van der Waals surface area (Å²) in [5, 5.41) is 4.29. The highest BCUT2D eigenvalue weighted by Crippen LogP contribution is 2.28. The summed E-state index contributed by atoms with van der Waals surface area (Å²) in [6.07, 6.45) is 2.30. The average Bonchev–Trinajstić information content (AvgIpc) is 3.04. The molecule has 10 heteroatoms. The maximum absolute atomic E-state index is 12.7. The number of fused-ring (bicyclic) bond motifs is 1. The molecule has 1 aromatic carbocycles. The second-order valence-electron chi connectivity index (χ2n) is 6.38. The van der Waals surface area contributed by atoms with Gasteiger partial charge in [0.25, 0.3) is 11.5 Å². The maximum atomic E-state index is 12.7. The molecule has 4 N–H and O–H groups in total. The molecule has 0 bridgehead atoms. The molecule has 9 nitrogen and oxygen atoms in total. The van der Waals surface area contributed by atoms with E-state index in [4.69, 9.17) is 10.6 Å². The minimum absolute atomic E-state index is 0. The number of rotatable bonds is 8. The van der Waals surface area contributed by atoms with Crippen LogP contribution in [0.1, 0.15) is 32.4 Å². The van der Waals surface area contributed by atoms with E-state index in [1.807, 2.05) is 38.1 Å². The van der Waals surface area contributed by atoms with Crippen LogP contribution in [-0.2, 0) is 17.8 Å². The number of nitrogens with zero attached hydrogens (tertiary/aromatic N) is 3. The number of carbonyl (C=O) groups is 1. The zero-order valence-electron chi connectivity index (χ0n) is 16.4. The van der Waals surface area contributed by atoms with Crippen LogP contribution in [0.3, 0.4) is 0 Å². The van der Waals surface area contributed by atoms with Gasteiger partial charge in [-0.05, 0) is 25.0 Å². The zero-order chi connectivity index (χ0) is 20.1. The number of halogens is 1. The van der Waals surface area contributed by atoms with Gasteiger partial charge in [0, 0.05) is 0 Å². The summed E-state index contributed by atoms with van der Waals surface area (Å²) in [6, 6.07) is 7.43. The molecule has 0 radical (unpaired) electrons. The highest BCUT2D eigenvalue weighted by atomic mass is 35.5. The molecule has 0 aliphatic heterocycles. The molecule has 0 atom stereocenters. The Balaban J connectivity index is 0.00000300. The van der Waals surface area contributed by atoms with Crippen LogP contribution in [0.2, 0.25) is 0 Å². The second-order valence-corrected chi connectivity index (χ2v) is 6.38. The Labute approximate surface area is 174 Å². The van der Waals surface area contributed by atoms with Crippen molar-refractivity contribution in [2.75, 3.05) is 6.61 Å². The minimum atomic E-state index is -0.403. The van der Waals surface area contributed by atoms with Gasteiger partial charge in [0.15, 0.2) is 5.52 Å². The summed E-state index contributed by atoms with van der Waals surface area (Å²) in [6.45, 7) is 4.52. The molecule has 2 aromatic heterocycles. The van der Waals surface area contributed by atoms with Crippen LogP contribution in [-0.4, -0.2) is 32.3 Å². The Morgan fingerprint density at radius 2 is 2.00 bits per heavy atom. The number of aromatic nitrogens is 4. The van der Waals surface area contributed by atoms with Crippen molar-refractivity contribution in [2.24, 2.45) is 5.84 Å². The van der Waals surface area contributed by atoms with Crippen LogP contribution < -0.4 is 21.6 Å². The van der Waals surface area contributed by atoms with Crippen molar-refractivity contribution in [1.82, 2.24) is 25.2 Å². The van der Waals surface area contributed by atoms with Gasteiger partial charge in [-0.25, -0.2) is 10.8 Å². The zero-order valence-corrected chi connectivity index (χ0v) is 17.2. The van der Waals surface area contributed by atoms with Crippen LogP contribution in [0.25, 0.3) is 22.4 Å². The first-order valence-corrected chi connectivity index (χ1v) is 9.30. The SMILES string of the molecule is CCCOc1ccccc1-c1nc2c(CCC)n(CC(=O)NN)nc2c(=O)[nH]1.Cl. The fourth-order valence-corrected chi connectivity index (χ4v) is 2.99. The van der Waals surface area contributed by atoms with Crippen molar-refractivity contribution in [1.29, 1.82) is 0 Å². The van der Waals surface area contributed by atoms with Crippen molar-refractivity contribution in [3.8, 4) is 17.1 Å². The topological polar surface area (TPSA) is 128 Å². The van der Waals surface area contributed by atoms with Gasteiger partial charge in [-0.15, -0.1) is 12.4 Å². The predicted octanol–water partition coefficient (Wildman–Crippen LogP) is 1.94. The van der Waals surface area contributed by atoms with Gasteiger partial charge in [0.2, 0.25) is 0 Å². The molecule has 3 aromatic rings. The fraction of sp³-hybridized carbons (Fsp3) is 0.368. The standard InChI is InChI=1S/C19H24N6O3.ClH/c1-3-7-13-16-17(24-25(13)11-15(26)23-20)19(27)22-18(21-16)12-8-5-6-9-14(12)28-10-4-2;/h5-6,8-9H,3-4,7,10-11,20H2,1-2H3,(H,23,26)(H,21,22,27);1H. The molecule has 1 amide bonds. The molecule has 3 rings (SSSR count). The number of amides is 1. The Morgan fingerprint density at radius 3 is 2.69 bits per heavy atom. The maximum Gasteiger partial charge on any atom is 0.279 e. The first kappa shape index (κ1) is 22.4. The number of carbonyl (C=O) groups excluding carboxylic acids is 1. The van der Waals surface area contributed by atoms with E-state index in [0.29, 0.717) is 35.7 Å².